The molecule has 5 heteroatoms. The Kier molecular flexibility index (Phi) is 4.53. The summed E-state index contributed by atoms with van der Waals surface area (Å²) in [5.41, 5.74) is 3.25. The second kappa shape index (κ2) is 6.93. The minimum absolute atomic E-state index is 0.0266. The Hall–Kier alpha value is -3.52. The number of rotatable bonds is 4. The maximum atomic E-state index is 12.5. The Balaban J connectivity index is 1.96. The van der Waals surface area contributed by atoms with Gasteiger partial charge in [0.15, 0.2) is 0 Å². The fourth-order valence-electron chi connectivity index (χ4n) is 2.71. The molecule has 0 aliphatic heterocycles. The number of aromatic nitrogens is 1. The maximum Gasteiger partial charge on any atom is 0.266 e. The van der Waals surface area contributed by atoms with Crippen LogP contribution in [0.4, 0.5) is 5.69 Å². The van der Waals surface area contributed by atoms with Crippen LogP contribution in [0.5, 0.6) is 5.75 Å². The van der Waals surface area contributed by atoms with Gasteiger partial charge in [-0.3, -0.25) is 4.79 Å². The van der Waals surface area contributed by atoms with Gasteiger partial charge in [-0.1, -0.05) is 30.3 Å². The van der Waals surface area contributed by atoms with E-state index in [-0.39, 0.29) is 5.57 Å². The van der Waals surface area contributed by atoms with E-state index in [2.05, 4.69) is 10.3 Å². The van der Waals surface area contributed by atoms with Gasteiger partial charge in [-0.05, 0) is 31.2 Å². The number of nitrogens with one attached hydrogen (secondary N) is 2. The number of amides is 1. The predicted molar refractivity (Wildman–Crippen MR) is 98.2 cm³/mol. The van der Waals surface area contributed by atoms with Gasteiger partial charge >= 0.3 is 0 Å². The summed E-state index contributed by atoms with van der Waals surface area (Å²) < 4.78 is 5.22. The third kappa shape index (κ3) is 3.24. The number of carbonyl (C=O) groups is 1. The standard InChI is InChI=1S/C20H17N3O2/c1-13-16(15-7-3-4-8-17(15)22-13)11-14(12-21)20(24)23-18-9-5-6-10-19(18)25-2/h3-11,22H,1-2H3,(H,23,24). The first-order valence-electron chi connectivity index (χ1n) is 7.77. The van der Waals surface area contributed by atoms with E-state index in [9.17, 15) is 10.1 Å². The number of ether oxygens (including phenoxy) is 1. The number of hydrogen-bond acceptors (Lipinski definition) is 3. The number of nitrogens with zero attached hydrogens (tertiary/aromatic N) is 1. The Morgan fingerprint density at radius 2 is 1.92 bits per heavy atom. The third-order valence-corrected chi connectivity index (χ3v) is 3.95. The van der Waals surface area contributed by atoms with Crippen LogP contribution in [0.15, 0.2) is 54.1 Å². The van der Waals surface area contributed by atoms with Crippen molar-refractivity contribution in [3.8, 4) is 11.8 Å². The molecule has 3 aromatic rings. The van der Waals surface area contributed by atoms with Gasteiger partial charge in [0, 0.05) is 22.2 Å². The van der Waals surface area contributed by atoms with Crippen molar-refractivity contribution >= 4 is 28.6 Å². The summed E-state index contributed by atoms with van der Waals surface area (Å²) in [6, 6.07) is 16.8. The van der Waals surface area contributed by atoms with E-state index in [1.54, 1.807) is 24.3 Å². The lowest BCUT2D eigenvalue weighted by Gasteiger charge is -2.09. The summed E-state index contributed by atoms with van der Waals surface area (Å²) in [5.74, 6) is 0.0631. The first kappa shape index (κ1) is 16.3. The average molecular weight is 331 g/mol. The summed E-state index contributed by atoms with van der Waals surface area (Å²) in [4.78, 5) is 15.8. The summed E-state index contributed by atoms with van der Waals surface area (Å²) in [6.07, 6.45) is 1.61. The van der Waals surface area contributed by atoms with Crippen molar-refractivity contribution in [3.63, 3.8) is 0 Å². The third-order valence-electron chi connectivity index (χ3n) is 3.95. The lowest BCUT2D eigenvalue weighted by Crippen LogP contribution is -2.14. The molecule has 0 radical (unpaired) electrons. The molecule has 1 amide bonds. The maximum absolute atomic E-state index is 12.5. The number of nitriles is 1. The fourth-order valence-corrected chi connectivity index (χ4v) is 2.71. The average Bonchev–Trinajstić information content (AvgIpc) is 2.95. The van der Waals surface area contributed by atoms with Crippen molar-refractivity contribution in [1.29, 1.82) is 5.26 Å². The molecule has 0 saturated carbocycles. The Bertz CT molecular complexity index is 1010. The van der Waals surface area contributed by atoms with Crippen molar-refractivity contribution in [2.45, 2.75) is 6.92 Å². The van der Waals surface area contributed by atoms with Crippen LogP contribution in [-0.4, -0.2) is 18.0 Å². The molecule has 0 saturated heterocycles. The lowest BCUT2D eigenvalue weighted by molar-refractivity contribution is -0.112. The van der Waals surface area contributed by atoms with Crippen molar-refractivity contribution in [2.75, 3.05) is 12.4 Å². The van der Waals surface area contributed by atoms with E-state index in [4.69, 9.17) is 4.74 Å². The second-order valence-electron chi connectivity index (χ2n) is 5.53. The predicted octanol–water partition coefficient (Wildman–Crippen LogP) is 4.03. The highest BCUT2D eigenvalue weighted by Gasteiger charge is 2.14. The number of anilines is 1. The SMILES string of the molecule is COc1ccccc1NC(=O)C(C#N)=Cc1c(C)[nH]c2ccccc12. The number of methoxy groups -OCH3 is 1. The quantitative estimate of drug-likeness (QED) is 0.559. The molecule has 2 aromatic carbocycles. The minimum atomic E-state index is -0.475. The van der Waals surface area contributed by atoms with E-state index in [1.165, 1.54) is 7.11 Å². The van der Waals surface area contributed by atoms with E-state index in [1.807, 2.05) is 43.3 Å². The van der Waals surface area contributed by atoms with Gasteiger partial charge in [0.05, 0.1) is 12.8 Å². The summed E-state index contributed by atoms with van der Waals surface area (Å²) in [7, 11) is 1.53. The molecule has 5 nitrogen and oxygen atoms in total. The number of H-pyrrole nitrogens is 1. The van der Waals surface area contributed by atoms with Gasteiger partial charge < -0.3 is 15.0 Å². The molecule has 3 rings (SSSR count). The number of fused-ring (bicyclic) bond motifs is 1. The van der Waals surface area contributed by atoms with Crippen LogP contribution in [0, 0.1) is 18.3 Å². The Morgan fingerprint density at radius 1 is 1.20 bits per heavy atom. The highest BCUT2D eigenvalue weighted by Crippen LogP contribution is 2.26. The zero-order valence-corrected chi connectivity index (χ0v) is 14.0. The van der Waals surface area contributed by atoms with E-state index >= 15 is 0 Å². The van der Waals surface area contributed by atoms with Crippen LogP contribution in [0.2, 0.25) is 0 Å². The first-order valence-corrected chi connectivity index (χ1v) is 7.77. The molecule has 0 spiro atoms. The lowest BCUT2D eigenvalue weighted by atomic mass is 10.1. The number of para-hydroxylation sites is 3. The normalized spacial score (nSPS) is 11.2. The van der Waals surface area contributed by atoms with Gasteiger partial charge in [0.2, 0.25) is 0 Å². The van der Waals surface area contributed by atoms with Crippen molar-refractivity contribution in [2.24, 2.45) is 0 Å². The number of carbonyl (C=O) groups excluding carboxylic acids is 1. The highest BCUT2D eigenvalue weighted by molar-refractivity contribution is 6.11. The molecule has 0 aliphatic carbocycles. The van der Waals surface area contributed by atoms with E-state index in [0.717, 1.165) is 22.2 Å². The molecule has 25 heavy (non-hydrogen) atoms. The summed E-state index contributed by atoms with van der Waals surface area (Å²) in [6.45, 7) is 1.92. The smallest absolute Gasteiger partial charge is 0.266 e. The topological polar surface area (TPSA) is 77.9 Å². The van der Waals surface area contributed by atoms with Crippen LogP contribution >= 0.6 is 0 Å². The molecule has 2 N–H and O–H groups in total. The van der Waals surface area contributed by atoms with Crippen molar-refractivity contribution in [1.82, 2.24) is 4.98 Å². The molecule has 0 bridgehead atoms. The molecule has 124 valence electrons. The molecule has 0 fully saturated rings. The monoisotopic (exact) mass is 331 g/mol. The number of aromatic amines is 1. The van der Waals surface area contributed by atoms with Crippen LogP contribution < -0.4 is 10.1 Å². The molecule has 0 atom stereocenters. The zero-order chi connectivity index (χ0) is 17.8. The van der Waals surface area contributed by atoms with E-state index < -0.39 is 5.91 Å². The summed E-state index contributed by atoms with van der Waals surface area (Å²) in [5, 5.41) is 13.1. The van der Waals surface area contributed by atoms with Crippen LogP contribution in [0.3, 0.4) is 0 Å². The molecule has 1 aromatic heterocycles. The minimum Gasteiger partial charge on any atom is -0.495 e. The van der Waals surface area contributed by atoms with E-state index in [0.29, 0.717) is 11.4 Å². The van der Waals surface area contributed by atoms with Crippen LogP contribution in [0.1, 0.15) is 11.3 Å². The van der Waals surface area contributed by atoms with Gasteiger partial charge in [0.1, 0.15) is 17.4 Å². The molecular formula is C20H17N3O2. The zero-order valence-electron chi connectivity index (χ0n) is 14.0. The van der Waals surface area contributed by atoms with Gasteiger partial charge in [0.25, 0.3) is 5.91 Å². The van der Waals surface area contributed by atoms with Crippen LogP contribution in [0.25, 0.3) is 17.0 Å². The number of benzene rings is 2. The van der Waals surface area contributed by atoms with Crippen molar-refractivity contribution in [3.05, 3.63) is 65.4 Å². The number of hydrogen-bond donors (Lipinski definition) is 2. The number of aryl methyl sites for hydroxylation is 1. The van der Waals surface area contributed by atoms with Gasteiger partial charge in [-0.15, -0.1) is 0 Å². The second-order valence-corrected chi connectivity index (χ2v) is 5.53. The fraction of sp³-hybridized carbons (Fsp3) is 0.100. The Morgan fingerprint density at radius 3 is 2.68 bits per heavy atom. The first-order chi connectivity index (χ1) is 12.1. The molecular weight excluding hydrogens is 314 g/mol. The highest BCUT2D eigenvalue weighted by atomic mass is 16.5. The van der Waals surface area contributed by atoms with Gasteiger partial charge in [-0.2, -0.15) is 5.26 Å². The summed E-state index contributed by atoms with van der Waals surface area (Å²) >= 11 is 0. The van der Waals surface area contributed by atoms with Crippen LogP contribution in [-0.2, 0) is 4.79 Å². The Labute approximate surface area is 145 Å². The molecule has 0 aliphatic rings. The van der Waals surface area contributed by atoms with Crippen molar-refractivity contribution < 1.29 is 9.53 Å². The largest absolute Gasteiger partial charge is 0.495 e. The molecule has 1 heterocycles. The molecule has 0 unspecified atom stereocenters. The van der Waals surface area contributed by atoms with Gasteiger partial charge in [-0.25, -0.2) is 0 Å².